The molecule has 1 unspecified atom stereocenters. The highest BCUT2D eigenvalue weighted by Gasteiger charge is 2.31. The van der Waals surface area contributed by atoms with Crippen LogP contribution in [0.4, 0.5) is 11.4 Å². The zero-order valence-electron chi connectivity index (χ0n) is 11.5. The van der Waals surface area contributed by atoms with Crippen molar-refractivity contribution in [2.24, 2.45) is 0 Å². The fourth-order valence-electron chi connectivity index (χ4n) is 2.47. The number of ether oxygens (including phenoxy) is 1. The van der Waals surface area contributed by atoms with Crippen molar-refractivity contribution in [2.75, 3.05) is 10.6 Å². The van der Waals surface area contributed by atoms with Crippen molar-refractivity contribution >= 4 is 33.2 Å². The van der Waals surface area contributed by atoms with E-state index >= 15 is 0 Å². The topological polar surface area (TPSA) is 55.6 Å². The van der Waals surface area contributed by atoms with E-state index in [-0.39, 0.29) is 5.91 Å². The summed E-state index contributed by atoms with van der Waals surface area (Å²) in [4.78, 5) is 14.2. The standard InChI is InChI=1S/C16H15BrN2O2/c1-10-16(20)19(14-4-2-3-5-15(14)21-10)9-11-6-12(17)8-13(18)7-11/h2-8,10H,9,18H2,1H3. The lowest BCUT2D eigenvalue weighted by Gasteiger charge is -2.33. The van der Waals surface area contributed by atoms with Gasteiger partial charge in [0.25, 0.3) is 5.91 Å². The van der Waals surface area contributed by atoms with Gasteiger partial charge in [-0.15, -0.1) is 0 Å². The minimum absolute atomic E-state index is 0.0488. The Hall–Kier alpha value is -2.01. The second-order valence-electron chi connectivity index (χ2n) is 5.04. The fourth-order valence-corrected chi connectivity index (χ4v) is 3.03. The van der Waals surface area contributed by atoms with Gasteiger partial charge in [0, 0.05) is 10.2 Å². The summed E-state index contributed by atoms with van der Waals surface area (Å²) in [6.07, 6.45) is -0.482. The van der Waals surface area contributed by atoms with Crippen LogP contribution in [0.1, 0.15) is 12.5 Å². The van der Waals surface area contributed by atoms with Crippen LogP contribution in [0.25, 0.3) is 0 Å². The van der Waals surface area contributed by atoms with Crippen molar-refractivity contribution in [2.45, 2.75) is 19.6 Å². The zero-order valence-corrected chi connectivity index (χ0v) is 13.1. The Kier molecular flexibility index (Phi) is 3.59. The van der Waals surface area contributed by atoms with E-state index in [0.29, 0.717) is 12.2 Å². The number of fused-ring (bicyclic) bond motifs is 1. The van der Waals surface area contributed by atoms with Crippen LogP contribution < -0.4 is 15.4 Å². The third-order valence-corrected chi connectivity index (χ3v) is 3.85. The van der Waals surface area contributed by atoms with Crippen LogP contribution in [0.15, 0.2) is 46.9 Å². The van der Waals surface area contributed by atoms with Gasteiger partial charge in [0.15, 0.2) is 6.10 Å². The summed E-state index contributed by atoms with van der Waals surface area (Å²) in [7, 11) is 0. The zero-order chi connectivity index (χ0) is 15.0. The number of nitrogen functional groups attached to an aromatic ring is 1. The molecule has 1 amide bonds. The van der Waals surface area contributed by atoms with E-state index in [2.05, 4.69) is 15.9 Å². The first-order valence-electron chi connectivity index (χ1n) is 6.66. The summed E-state index contributed by atoms with van der Waals surface area (Å²) in [5.74, 6) is 0.680. The first-order chi connectivity index (χ1) is 10.0. The van der Waals surface area contributed by atoms with E-state index < -0.39 is 6.10 Å². The van der Waals surface area contributed by atoms with Crippen molar-refractivity contribution in [1.82, 2.24) is 0 Å². The van der Waals surface area contributed by atoms with Crippen molar-refractivity contribution in [3.05, 3.63) is 52.5 Å². The number of benzene rings is 2. The summed E-state index contributed by atoms with van der Waals surface area (Å²) in [6, 6.07) is 13.2. The average Bonchev–Trinajstić information content (AvgIpc) is 2.43. The highest BCUT2D eigenvalue weighted by molar-refractivity contribution is 9.10. The molecule has 2 aromatic rings. The van der Waals surface area contributed by atoms with Crippen LogP contribution in [0.5, 0.6) is 5.75 Å². The van der Waals surface area contributed by atoms with Crippen LogP contribution in [0.2, 0.25) is 0 Å². The third-order valence-electron chi connectivity index (χ3n) is 3.39. The molecule has 0 saturated carbocycles. The molecule has 1 aliphatic rings. The van der Waals surface area contributed by atoms with Gasteiger partial charge < -0.3 is 15.4 Å². The average molecular weight is 347 g/mol. The summed E-state index contributed by atoms with van der Waals surface area (Å²) in [5.41, 5.74) is 8.29. The molecule has 5 heteroatoms. The molecule has 0 saturated heterocycles. The van der Waals surface area contributed by atoms with Gasteiger partial charge >= 0.3 is 0 Å². The lowest BCUT2D eigenvalue weighted by molar-refractivity contribution is -0.125. The molecule has 0 aromatic heterocycles. The van der Waals surface area contributed by atoms with E-state index in [1.807, 2.05) is 42.5 Å². The molecule has 0 fully saturated rings. The fraction of sp³-hybridized carbons (Fsp3) is 0.188. The molecule has 0 radical (unpaired) electrons. The largest absolute Gasteiger partial charge is 0.479 e. The highest BCUT2D eigenvalue weighted by atomic mass is 79.9. The summed E-state index contributed by atoms with van der Waals surface area (Å²) < 4.78 is 6.54. The number of carbonyl (C=O) groups excluding carboxylic acids is 1. The number of halogens is 1. The predicted molar refractivity (Wildman–Crippen MR) is 86.3 cm³/mol. The SMILES string of the molecule is CC1Oc2ccccc2N(Cc2cc(N)cc(Br)c2)C1=O. The molecule has 1 aliphatic heterocycles. The van der Waals surface area contributed by atoms with Crippen LogP contribution in [-0.4, -0.2) is 12.0 Å². The van der Waals surface area contributed by atoms with E-state index in [1.165, 1.54) is 0 Å². The maximum Gasteiger partial charge on any atom is 0.268 e. The molecule has 0 aliphatic carbocycles. The summed E-state index contributed by atoms with van der Waals surface area (Å²) >= 11 is 3.43. The van der Waals surface area contributed by atoms with Gasteiger partial charge in [-0.3, -0.25) is 4.79 Å². The molecule has 21 heavy (non-hydrogen) atoms. The molecular formula is C16H15BrN2O2. The molecule has 0 spiro atoms. The Morgan fingerprint density at radius 2 is 2.05 bits per heavy atom. The molecule has 2 aromatic carbocycles. The molecule has 0 bridgehead atoms. The lowest BCUT2D eigenvalue weighted by Crippen LogP contribution is -2.43. The Balaban J connectivity index is 1.98. The molecule has 4 nitrogen and oxygen atoms in total. The number of hydrogen-bond donors (Lipinski definition) is 1. The van der Waals surface area contributed by atoms with Gasteiger partial charge in [0.1, 0.15) is 5.75 Å². The van der Waals surface area contributed by atoms with Crippen LogP contribution >= 0.6 is 15.9 Å². The van der Waals surface area contributed by atoms with Crippen molar-refractivity contribution < 1.29 is 9.53 Å². The first-order valence-corrected chi connectivity index (χ1v) is 7.46. The van der Waals surface area contributed by atoms with Crippen molar-refractivity contribution in [1.29, 1.82) is 0 Å². The molecule has 3 rings (SSSR count). The Labute approximate surface area is 131 Å². The van der Waals surface area contributed by atoms with Gasteiger partial charge in [0.05, 0.1) is 12.2 Å². The Morgan fingerprint density at radius 1 is 1.29 bits per heavy atom. The van der Waals surface area contributed by atoms with Gasteiger partial charge in [-0.25, -0.2) is 0 Å². The van der Waals surface area contributed by atoms with Crippen LogP contribution in [-0.2, 0) is 11.3 Å². The monoisotopic (exact) mass is 346 g/mol. The van der Waals surface area contributed by atoms with E-state index in [9.17, 15) is 4.79 Å². The second-order valence-corrected chi connectivity index (χ2v) is 5.96. The Morgan fingerprint density at radius 3 is 2.81 bits per heavy atom. The normalized spacial score (nSPS) is 17.3. The maximum absolute atomic E-state index is 12.4. The summed E-state index contributed by atoms with van der Waals surface area (Å²) in [6.45, 7) is 2.23. The minimum Gasteiger partial charge on any atom is -0.479 e. The van der Waals surface area contributed by atoms with Crippen LogP contribution in [0, 0.1) is 0 Å². The van der Waals surface area contributed by atoms with Crippen molar-refractivity contribution in [3.63, 3.8) is 0 Å². The second kappa shape index (κ2) is 5.41. The van der Waals surface area contributed by atoms with Gasteiger partial charge in [-0.05, 0) is 42.8 Å². The van der Waals surface area contributed by atoms with E-state index in [1.54, 1.807) is 11.8 Å². The number of amides is 1. The van der Waals surface area contributed by atoms with Crippen LogP contribution in [0.3, 0.4) is 0 Å². The number of anilines is 2. The molecular weight excluding hydrogens is 332 g/mol. The first kappa shape index (κ1) is 13.9. The number of nitrogens with zero attached hydrogens (tertiary/aromatic N) is 1. The van der Waals surface area contributed by atoms with E-state index in [0.717, 1.165) is 21.5 Å². The number of hydrogen-bond acceptors (Lipinski definition) is 3. The molecule has 1 atom stereocenters. The molecule has 2 N–H and O–H groups in total. The quantitative estimate of drug-likeness (QED) is 0.848. The van der Waals surface area contributed by atoms with Crippen molar-refractivity contribution in [3.8, 4) is 5.75 Å². The van der Waals surface area contributed by atoms with Gasteiger partial charge in [-0.2, -0.15) is 0 Å². The maximum atomic E-state index is 12.4. The lowest BCUT2D eigenvalue weighted by atomic mass is 10.1. The highest BCUT2D eigenvalue weighted by Crippen LogP contribution is 2.35. The van der Waals surface area contributed by atoms with E-state index in [4.69, 9.17) is 10.5 Å². The predicted octanol–water partition coefficient (Wildman–Crippen LogP) is 3.35. The molecule has 1 heterocycles. The Bertz CT molecular complexity index is 682. The van der Waals surface area contributed by atoms with Gasteiger partial charge in [-0.1, -0.05) is 28.1 Å². The smallest absolute Gasteiger partial charge is 0.268 e. The minimum atomic E-state index is -0.482. The van der Waals surface area contributed by atoms with Gasteiger partial charge in [0.2, 0.25) is 0 Å². The number of nitrogens with two attached hydrogens (primary N) is 1. The number of carbonyl (C=O) groups is 1. The number of rotatable bonds is 2. The third kappa shape index (κ3) is 2.74. The number of para-hydroxylation sites is 2. The molecule has 108 valence electrons. The summed E-state index contributed by atoms with van der Waals surface area (Å²) in [5, 5.41) is 0.